The Kier molecular flexibility index (Phi) is 3.10. The van der Waals surface area contributed by atoms with Crippen molar-refractivity contribution in [2.24, 2.45) is 0 Å². The fourth-order valence-corrected chi connectivity index (χ4v) is 2.51. The number of halogens is 1. The molecule has 80 valence electrons. The predicted molar refractivity (Wildman–Crippen MR) is 65.3 cm³/mol. The lowest BCUT2D eigenvalue weighted by atomic mass is 10.1. The molecular weight excluding hydrogens is 254 g/mol. The third kappa shape index (κ3) is 2.59. The van der Waals surface area contributed by atoms with Crippen molar-refractivity contribution in [3.05, 3.63) is 28.2 Å². The van der Waals surface area contributed by atoms with Crippen LogP contribution in [-0.4, -0.2) is 18.9 Å². The minimum atomic E-state index is 0.387. The monoisotopic (exact) mass is 267 g/mol. The van der Waals surface area contributed by atoms with Crippen LogP contribution in [0.1, 0.15) is 18.4 Å². The zero-order chi connectivity index (χ0) is 10.8. The molecule has 1 fully saturated rings. The molecule has 0 N–H and O–H groups in total. The van der Waals surface area contributed by atoms with E-state index in [4.69, 9.17) is 0 Å². The van der Waals surface area contributed by atoms with Gasteiger partial charge in [0.25, 0.3) is 0 Å². The number of hydrogen-bond donors (Lipinski definition) is 0. The van der Waals surface area contributed by atoms with Gasteiger partial charge >= 0.3 is 0 Å². The van der Waals surface area contributed by atoms with Crippen molar-refractivity contribution in [1.82, 2.24) is 0 Å². The molecule has 0 atom stereocenters. The number of benzene rings is 1. The van der Waals surface area contributed by atoms with Crippen LogP contribution in [0, 0.1) is 6.92 Å². The summed E-state index contributed by atoms with van der Waals surface area (Å²) in [7, 11) is 0. The smallest absolute Gasteiger partial charge is 0.136 e. The van der Waals surface area contributed by atoms with E-state index in [-0.39, 0.29) is 0 Å². The Hall–Kier alpha value is -0.830. The summed E-state index contributed by atoms with van der Waals surface area (Å²) in [5.74, 6) is 0.387. The molecule has 0 amide bonds. The van der Waals surface area contributed by atoms with Gasteiger partial charge in [-0.2, -0.15) is 0 Å². The first-order chi connectivity index (χ1) is 7.15. The Morgan fingerprint density at radius 3 is 2.47 bits per heavy atom. The number of carbonyl (C=O) groups excluding carboxylic acids is 1. The number of piperidine rings is 1. The Labute approximate surface area is 98.4 Å². The molecule has 0 bridgehead atoms. The van der Waals surface area contributed by atoms with Gasteiger partial charge in [-0.15, -0.1) is 0 Å². The number of Topliss-reactive ketones (excluding diaryl/α,β-unsaturated/α-hetero) is 1. The van der Waals surface area contributed by atoms with E-state index in [1.165, 1.54) is 11.3 Å². The topological polar surface area (TPSA) is 20.3 Å². The highest BCUT2D eigenvalue weighted by Gasteiger charge is 2.16. The van der Waals surface area contributed by atoms with Gasteiger partial charge in [-0.05, 0) is 30.7 Å². The van der Waals surface area contributed by atoms with Crippen molar-refractivity contribution in [3.63, 3.8) is 0 Å². The number of carbonyl (C=O) groups is 1. The first-order valence-electron chi connectivity index (χ1n) is 5.19. The summed E-state index contributed by atoms with van der Waals surface area (Å²) in [6, 6.07) is 6.38. The van der Waals surface area contributed by atoms with Crippen molar-refractivity contribution >= 4 is 27.4 Å². The lowest BCUT2D eigenvalue weighted by Gasteiger charge is -2.28. The van der Waals surface area contributed by atoms with Gasteiger partial charge in [0.1, 0.15) is 5.78 Å². The largest absolute Gasteiger partial charge is 0.371 e. The Balaban J connectivity index is 2.18. The molecule has 0 saturated carbocycles. The third-order valence-corrected chi connectivity index (χ3v) is 3.17. The molecule has 1 aromatic carbocycles. The van der Waals surface area contributed by atoms with Gasteiger partial charge in [-0.1, -0.05) is 15.9 Å². The molecule has 2 rings (SSSR count). The first-order valence-corrected chi connectivity index (χ1v) is 5.98. The summed E-state index contributed by atoms with van der Waals surface area (Å²) < 4.78 is 1.11. The van der Waals surface area contributed by atoms with Crippen LogP contribution in [0.5, 0.6) is 0 Å². The summed E-state index contributed by atoms with van der Waals surface area (Å²) in [6.07, 6.45) is 1.37. The Morgan fingerprint density at radius 1 is 1.20 bits per heavy atom. The highest BCUT2D eigenvalue weighted by atomic mass is 79.9. The fraction of sp³-hybridized carbons (Fsp3) is 0.417. The quantitative estimate of drug-likeness (QED) is 0.780. The summed E-state index contributed by atoms with van der Waals surface area (Å²) >= 11 is 3.50. The highest BCUT2D eigenvalue weighted by Crippen LogP contribution is 2.24. The predicted octanol–water partition coefficient (Wildman–Crippen LogP) is 2.93. The van der Waals surface area contributed by atoms with Crippen molar-refractivity contribution < 1.29 is 4.79 Å². The van der Waals surface area contributed by atoms with Gasteiger partial charge in [0, 0.05) is 36.1 Å². The number of rotatable bonds is 1. The molecule has 1 aliphatic rings. The maximum Gasteiger partial charge on any atom is 0.136 e. The third-order valence-electron chi connectivity index (χ3n) is 2.71. The highest BCUT2D eigenvalue weighted by molar-refractivity contribution is 9.10. The van der Waals surface area contributed by atoms with Crippen LogP contribution < -0.4 is 4.90 Å². The van der Waals surface area contributed by atoms with Crippen LogP contribution in [0.4, 0.5) is 5.69 Å². The van der Waals surface area contributed by atoms with Crippen molar-refractivity contribution in [1.29, 1.82) is 0 Å². The second kappa shape index (κ2) is 4.35. The molecule has 1 saturated heterocycles. The molecule has 1 aromatic rings. The Bertz CT molecular complexity index is 359. The summed E-state index contributed by atoms with van der Waals surface area (Å²) in [6.45, 7) is 3.80. The van der Waals surface area contributed by atoms with E-state index in [1.807, 2.05) is 0 Å². The number of hydrogen-bond acceptors (Lipinski definition) is 2. The van der Waals surface area contributed by atoms with Crippen LogP contribution in [-0.2, 0) is 4.79 Å². The number of anilines is 1. The van der Waals surface area contributed by atoms with Crippen LogP contribution >= 0.6 is 15.9 Å². The van der Waals surface area contributed by atoms with Crippen LogP contribution in [0.15, 0.2) is 22.7 Å². The van der Waals surface area contributed by atoms with E-state index in [2.05, 4.69) is 46.0 Å². The number of ketones is 1. The SMILES string of the molecule is Cc1cc(Br)cc(N2CCC(=O)CC2)c1. The first kappa shape index (κ1) is 10.7. The van der Waals surface area contributed by atoms with Crippen molar-refractivity contribution in [3.8, 4) is 0 Å². The summed E-state index contributed by atoms with van der Waals surface area (Å²) in [5, 5.41) is 0. The van der Waals surface area contributed by atoms with Gasteiger partial charge in [-0.25, -0.2) is 0 Å². The molecule has 0 spiro atoms. The molecule has 15 heavy (non-hydrogen) atoms. The standard InChI is InChI=1S/C12H14BrNO/c1-9-6-10(13)8-11(7-9)14-4-2-12(15)3-5-14/h6-8H,2-5H2,1H3. The summed E-state index contributed by atoms with van der Waals surface area (Å²) in [4.78, 5) is 13.4. The molecule has 0 aliphatic carbocycles. The van der Waals surface area contributed by atoms with Gasteiger partial charge in [0.05, 0.1) is 0 Å². The van der Waals surface area contributed by atoms with Gasteiger partial charge in [-0.3, -0.25) is 4.79 Å². The lowest BCUT2D eigenvalue weighted by Crippen LogP contribution is -2.33. The van der Waals surface area contributed by atoms with E-state index in [0.29, 0.717) is 18.6 Å². The molecule has 0 radical (unpaired) electrons. The average molecular weight is 268 g/mol. The van der Waals surface area contributed by atoms with Crippen molar-refractivity contribution in [2.75, 3.05) is 18.0 Å². The lowest BCUT2D eigenvalue weighted by molar-refractivity contribution is -0.119. The van der Waals surface area contributed by atoms with E-state index in [1.54, 1.807) is 0 Å². The Morgan fingerprint density at radius 2 is 1.87 bits per heavy atom. The van der Waals surface area contributed by atoms with Gasteiger partial charge in [0.2, 0.25) is 0 Å². The van der Waals surface area contributed by atoms with E-state index >= 15 is 0 Å². The second-order valence-electron chi connectivity index (χ2n) is 4.01. The van der Waals surface area contributed by atoms with E-state index in [0.717, 1.165) is 17.6 Å². The van der Waals surface area contributed by atoms with Crippen LogP contribution in [0.25, 0.3) is 0 Å². The molecule has 2 nitrogen and oxygen atoms in total. The van der Waals surface area contributed by atoms with Gasteiger partial charge < -0.3 is 4.90 Å². The molecule has 1 heterocycles. The normalized spacial score (nSPS) is 16.9. The second-order valence-corrected chi connectivity index (χ2v) is 4.93. The van der Waals surface area contributed by atoms with E-state index in [9.17, 15) is 4.79 Å². The molecule has 1 aliphatic heterocycles. The maximum absolute atomic E-state index is 11.1. The number of nitrogens with zero attached hydrogens (tertiary/aromatic N) is 1. The minimum Gasteiger partial charge on any atom is -0.371 e. The van der Waals surface area contributed by atoms with Gasteiger partial charge in [0.15, 0.2) is 0 Å². The average Bonchev–Trinajstić information content (AvgIpc) is 2.17. The van der Waals surface area contributed by atoms with E-state index < -0.39 is 0 Å². The van der Waals surface area contributed by atoms with Crippen molar-refractivity contribution in [2.45, 2.75) is 19.8 Å². The summed E-state index contributed by atoms with van der Waals surface area (Å²) in [5.41, 5.74) is 2.46. The fourth-order valence-electron chi connectivity index (χ4n) is 1.91. The van der Waals surface area contributed by atoms with Crippen LogP contribution in [0.3, 0.4) is 0 Å². The van der Waals surface area contributed by atoms with Crippen LogP contribution in [0.2, 0.25) is 0 Å². The minimum absolute atomic E-state index is 0.387. The zero-order valence-corrected chi connectivity index (χ0v) is 10.4. The molecule has 3 heteroatoms. The number of aryl methyl sites for hydroxylation is 1. The zero-order valence-electron chi connectivity index (χ0n) is 8.79. The molecular formula is C12H14BrNO. The molecule has 0 aromatic heterocycles. The molecule has 0 unspecified atom stereocenters. The maximum atomic E-state index is 11.1.